The Hall–Kier alpha value is -1.52. The molecule has 0 aliphatic heterocycles. The van der Waals surface area contributed by atoms with E-state index >= 15 is 0 Å². The van der Waals surface area contributed by atoms with Gasteiger partial charge in [0.1, 0.15) is 5.75 Å². The van der Waals surface area contributed by atoms with Crippen molar-refractivity contribution in [3.8, 4) is 5.75 Å². The third-order valence-electron chi connectivity index (χ3n) is 3.62. The lowest BCUT2D eigenvalue weighted by Crippen LogP contribution is -2.01. The van der Waals surface area contributed by atoms with E-state index in [-0.39, 0.29) is 0 Å². The Morgan fingerprint density at radius 2 is 1.65 bits per heavy atom. The molecular weight excluding hydrogens is 418 g/mol. The van der Waals surface area contributed by atoms with Crippen LogP contribution in [0, 0.1) is 0 Å². The summed E-state index contributed by atoms with van der Waals surface area (Å²) in [5.41, 5.74) is 2.32. The highest BCUT2D eigenvalue weighted by Crippen LogP contribution is 2.35. The second-order valence-electron chi connectivity index (χ2n) is 5.20. The second kappa shape index (κ2) is 7.37. The third kappa shape index (κ3) is 3.70. The van der Waals surface area contributed by atoms with Crippen LogP contribution in [-0.4, -0.2) is 6.61 Å². The van der Waals surface area contributed by atoms with Crippen molar-refractivity contribution in [1.29, 1.82) is 0 Å². The monoisotopic (exact) mass is 433 g/mol. The Balaban J connectivity index is 1.83. The maximum atomic E-state index is 5.63. The van der Waals surface area contributed by atoms with Gasteiger partial charge in [0, 0.05) is 17.6 Å². The Morgan fingerprint density at radius 1 is 0.957 bits per heavy atom. The van der Waals surface area contributed by atoms with Gasteiger partial charge >= 0.3 is 0 Å². The predicted molar refractivity (Wildman–Crippen MR) is 104 cm³/mol. The molecule has 0 heterocycles. The summed E-state index contributed by atoms with van der Waals surface area (Å²) in [5, 5.41) is 6.00. The molecule has 3 aromatic rings. The van der Waals surface area contributed by atoms with E-state index in [1.807, 2.05) is 6.92 Å². The average Bonchev–Trinajstić information content (AvgIpc) is 2.56. The van der Waals surface area contributed by atoms with E-state index < -0.39 is 0 Å². The number of ether oxygens (including phenoxy) is 1. The van der Waals surface area contributed by atoms with E-state index in [1.54, 1.807) is 0 Å². The number of anilines is 1. The van der Waals surface area contributed by atoms with Crippen LogP contribution in [-0.2, 0) is 6.54 Å². The highest BCUT2D eigenvalue weighted by Gasteiger charge is 2.09. The van der Waals surface area contributed by atoms with Crippen molar-refractivity contribution in [3.63, 3.8) is 0 Å². The lowest BCUT2D eigenvalue weighted by molar-refractivity contribution is 0.336. The number of halogens is 2. The lowest BCUT2D eigenvalue weighted by Gasteiger charge is -2.13. The maximum absolute atomic E-state index is 5.63. The smallest absolute Gasteiger partial charge is 0.147 e. The normalized spacial score (nSPS) is 10.7. The standard InChI is InChI=1S/C19H17Br2NO/c1-2-23-19-16(20)10-13(11-17(19)21)12-22-18-9-5-7-14-6-3-4-8-15(14)18/h3-11,22H,2,12H2,1H3. The molecular formula is C19H17Br2NO. The highest BCUT2D eigenvalue weighted by atomic mass is 79.9. The summed E-state index contributed by atoms with van der Waals surface area (Å²) in [5.74, 6) is 0.849. The van der Waals surface area contributed by atoms with Crippen LogP contribution in [0.15, 0.2) is 63.5 Å². The average molecular weight is 435 g/mol. The first kappa shape index (κ1) is 16.3. The Morgan fingerprint density at radius 3 is 2.39 bits per heavy atom. The number of hydrogen-bond acceptors (Lipinski definition) is 2. The zero-order chi connectivity index (χ0) is 16.2. The van der Waals surface area contributed by atoms with Crippen LogP contribution in [0.1, 0.15) is 12.5 Å². The van der Waals surface area contributed by atoms with Crippen molar-refractivity contribution in [2.75, 3.05) is 11.9 Å². The summed E-state index contributed by atoms with van der Waals surface area (Å²) in [6.07, 6.45) is 0. The van der Waals surface area contributed by atoms with Crippen LogP contribution < -0.4 is 10.1 Å². The first-order chi connectivity index (χ1) is 11.2. The number of hydrogen-bond donors (Lipinski definition) is 1. The number of nitrogens with one attached hydrogen (secondary N) is 1. The van der Waals surface area contributed by atoms with E-state index in [0.29, 0.717) is 6.61 Å². The van der Waals surface area contributed by atoms with Gasteiger partial charge in [-0.3, -0.25) is 0 Å². The minimum absolute atomic E-state index is 0.644. The second-order valence-corrected chi connectivity index (χ2v) is 6.91. The summed E-state index contributed by atoms with van der Waals surface area (Å²) in [7, 11) is 0. The van der Waals surface area contributed by atoms with Crippen molar-refractivity contribution in [3.05, 3.63) is 69.1 Å². The zero-order valence-electron chi connectivity index (χ0n) is 12.8. The van der Waals surface area contributed by atoms with Crippen molar-refractivity contribution in [2.24, 2.45) is 0 Å². The molecule has 0 radical (unpaired) electrons. The van der Waals surface area contributed by atoms with Gasteiger partial charge in [0.25, 0.3) is 0 Å². The molecule has 0 amide bonds. The zero-order valence-corrected chi connectivity index (χ0v) is 15.9. The van der Waals surface area contributed by atoms with Crippen LogP contribution in [0.25, 0.3) is 10.8 Å². The van der Waals surface area contributed by atoms with E-state index in [1.165, 1.54) is 16.3 Å². The molecule has 0 aromatic heterocycles. The first-order valence-corrected chi connectivity index (χ1v) is 9.10. The molecule has 4 heteroatoms. The Kier molecular flexibility index (Phi) is 5.23. The quantitative estimate of drug-likeness (QED) is 0.503. The minimum Gasteiger partial charge on any atom is -0.492 e. The molecule has 0 saturated carbocycles. The van der Waals surface area contributed by atoms with Crippen LogP contribution in [0.5, 0.6) is 5.75 Å². The molecule has 0 spiro atoms. The van der Waals surface area contributed by atoms with Gasteiger partial charge in [-0.15, -0.1) is 0 Å². The number of rotatable bonds is 5. The molecule has 0 unspecified atom stereocenters. The predicted octanol–water partition coefficient (Wildman–Crippen LogP) is 6.38. The van der Waals surface area contributed by atoms with Gasteiger partial charge in [-0.2, -0.15) is 0 Å². The van der Waals surface area contributed by atoms with Gasteiger partial charge in [0.15, 0.2) is 0 Å². The topological polar surface area (TPSA) is 21.3 Å². The van der Waals surface area contributed by atoms with E-state index in [2.05, 4.69) is 91.8 Å². The molecule has 0 aliphatic rings. The molecule has 3 rings (SSSR count). The number of benzene rings is 3. The van der Waals surface area contributed by atoms with Gasteiger partial charge in [-0.1, -0.05) is 36.4 Å². The molecule has 0 aliphatic carbocycles. The molecule has 0 fully saturated rings. The maximum Gasteiger partial charge on any atom is 0.147 e. The SMILES string of the molecule is CCOc1c(Br)cc(CNc2cccc3ccccc23)cc1Br. The van der Waals surface area contributed by atoms with Crippen molar-refractivity contribution in [2.45, 2.75) is 13.5 Å². The van der Waals surface area contributed by atoms with Crippen molar-refractivity contribution in [1.82, 2.24) is 0 Å². The number of fused-ring (bicyclic) bond motifs is 1. The van der Waals surface area contributed by atoms with Gasteiger partial charge in [0.05, 0.1) is 15.6 Å². The summed E-state index contributed by atoms with van der Waals surface area (Å²) in [6, 6.07) is 18.9. The molecule has 0 saturated heterocycles. The molecule has 2 nitrogen and oxygen atoms in total. The fourth-order valence-corrected chi connectivity index (χ4v) is 4.08. The van der Waals surface area contributed by atoms with Crippen molar-refractivity contribution >= 4 is 48.3 Å². The fourth-order valence-electron chi connectivity index (χ4n) is 2.57. The van der Waals surface area contributed by atoms with Gasteiger partial charge in [-0.05, 0) is 67.9 Å². The molecule has 23 heavy (non-hydrogen) atoms. The van der Waals surface area contributed by atoms with E-state index in [9.17, 15) is 0 Å². The summed E-state index contributed by atoms with van der Waals surface area (Å²) < 4.78 is 7.55. The third-order valence-corrected chi connectivity index (χ3v) is 4.80. The molecule has 1 N–H and O–H groups in total. The van der Waals surface area contributed by atoms with E-state index in [4.69, 9.17) is 4.74 Å². The Bertz CT molecular complexity index is 804. The summed E-state index contributed by atoms with van der Waals surface area (Å²) in [4.78, 5) is 0. The summed E-state index contributed by atoms with van der Waals surface area (Å²) in [6.45, 7) is 3.37. The van der Waals surface area contributed by atoms with Crippen molar-refractivity contribution < 1.29 is 4.74 Å². The fraction of sp³-hybridized carbons (Fsp3) is 0.158. The van der Waals surface area contributed by atoms with E-state index in [0.717, 1.165) is 26.9 Å². The molecule has 3 aromatic carbocycles. The highest BCUT2D eigenvalue weighted by molar-refractivity contribution is 9.11. The molecule has 0 bridgehead atoms. The first-order valence-electron chi connectivity index (χ1n) is 7.51. The van der Waals surface area contributed by atoms with Crippen LogP contribution in [0.2, 0.25) is 0 Å². The van der Waals surface area contributed by atoms with Gasteiger partial charge in [-0.25, -0.2) is 0 Å². The lowest BCUT2D eigenvalue weighted by atomic mass is 10.1. The van der Waals surface area contributed by atoms with Gasteiger partial charge in [0.2, 0.25) is 0 Å². The largest absolute Gasteiger partial charge is 0.492 e. The van der Waals surface area contributed by atoms with Crippen LogP contribution in [0.4, 0.5) is 5.69 Å². The Labute approximate surface area is 153 Å². The van der Waals surface area contributed by atoms with Gasteiger partial charge < -0.3 is 10.1 Å². The minimum atomic E-state index is 0.644. The molecule has 118 valence electrons. The van der Waals surface area contributed by atoms with Crippen LogP contribution in [0.3, 0.4) is 0 Å². The molecule has 0 atom stereocenters. The van der Waals surface area contributed by atoms with Crippen LogP contribution >= 0.6 is 31.9 Å². The summed E-state index contributed by atoms with van der Waals surface area (Å²) >= 11 is 7.16.